The fourth-order valence-corrected chi connectivity index (χ4v) is 0.500. The average molecular weight is 113 g/mol. The van der Waals surface area contributed by atoms with Gasteiger partial charge in [-0.2, -0.15) is 0 Å². The molecule has 1 aliphatic heterocycles. The maximum absolute atomic E-state index is 10.5. The molecule has 0 fully saturated rings. The summed E-state index contributed by atoms with van der Waals surface area (Å²) in [5.74, 6) is -0.156. The van der Waals surface area contributed by atoms with E-state index in [-0.39, 0.29) is 5.78 Å². The van der Waals surface area contributed by atoms with E-state index in [0.717, 1.165) is 0 Å². The molecule has 1 aliphatic rings. The van der Waals surface area contributed by atoms with Crippen molar-refractivity contribution in [3.05, 3.63) is 12.2 Å². The first kappa shape index (κ1) is 5.47. The Hall–Kier alpha value is -0.670. The van der Waals surface area contributed by atoms with Crippen molar-refractivity contribution >= 4 is 5.78 Å². The van der Waals surface area contributed by atoms with E-state index in [4.69, 9.17) is 10.5 Å². The first-order valence-electron chi connectivity index (χ1n) is 2.38. The lowest BCUT2D eigenvalue weighted by molar-refractivity contribution is -0.125. The van der Waals surface area contributed by atoms with E-state index in [2.05, 4.69) is 0 Å². The predicted molar refractivity (Wildman–Crippen MR) is 28.1 cm³/mol. The fraction of sp³-hybridized carbons (Fsp3) is 0.400. The number of ether oxygens (including phenoxy) is 1. The molecule has 0 saturated carbocycles. The highest BCUT2D eigenvalue weighted by Crippen LogP contribution is 1.94. The molecule has 0 aromatic rings. The van der Waals surface area contributed by atoms with E-state index in [1.54, 1.807) is 6.08 Å². The largest absolute Gasteiger partial charge is 0.352 e. The van der Waals surface area contributed by atoms with Crippen molar-refractivity contribution in [1.29, 1.82) is 0 Å². The van der Waals surface area contributed by atoms with Crippen molar-refractivity contribution in [2.24, 2.45) is 5.73 Å². The van der Waals surface area contributed by atoms with Crippen LogP contribution in [0.15, 0.2) is 12.2 Å². The quantitative estimate of drug-likeness (QED) is 0.457. The monoisotopic (exact) mass is 113 g/mol. The van der Waals surface area contributed by atoms with Gasteiger partial charge < -0.3 is 4.74 Å². The minimum atomic E-state index is -0.722. The summed E-state index contributed by atoms with van der Waals surface area (Å²) in [7, 11) is 0. The summed E-state index contributed by atoms with van der Waals surface area (Å²) in [6.45, 7) is 0.451. The minimum Gasteiger partial charge on any atom is -0.352 e. The number of hydrogen-bond donors (Lipinski definition) is 1. The molecule has 1 unspecified atom stereocenters. The van der Waals surface area contributed by atoms with Crippen molar-refractivity contribution in [2.75, 3.05) is 6.61 Å². The van der Waals surface area contributed by atoms with Gasteiger partial charge in [-0.3, -0.25) is 10.5 Å². The van der Waals surface area contributed by atoms with E-state index >= 15 is 0 Å². The van der Waals surface area contributed by atoms with Gasteiger partial charge in [0, 0.05) is 0 Å². The van der Waals surface area contributed by atoms with Crippen molar-refractivity contribution < 1.29 is 9.53 Å². The van der Waals surface area contributed by atoms with Crippen LogP contribution >= 0.6 is 0 Å². The van der Waals surface area contributed by atoms with Crippen LogP contribution in [0.25, 0.3) is 0 Å². The standard InChI is InChI=1S/C5H7NO2/c6-5-4(7)2-1-3-8-5/h1-2,5H,3,6H2. The Kier molecular flexibility index (Phi) is 1.41. The molecule has 0 amide bonds. The smallest absolute Gasteiger partial charge is 0.198 e. The van der Waals surface area contributed by atoms with Crippen LogP contribution in [0.5, 0.6) is 0 Å². The Morgan fingerprint density at radius 2 is 2.62 bits per heavy atom. The van der Waals surface area contributed by atoms with Crippen LogP contribution in [0.1, 0.15) is 0 Å². The van der Waals surface area contributed by atoms with Gasteiger partial charge in [0.05, 0.1) is 6.61 Å². The van der Waals surface area contributed by atoms with E-state index in [1.165, 1.54) is 6.08 Å². The van der Waals surface area contributed by atoms with E-state index in [9.17, 15) is 4.79 Å². The van der Waals surface area contributed by atoms with Gasteiger partial charge >= 0.3 is 0 Å². The van der Waals surface area contributed by atoms with Crippen molar-refractivity contribution in [3.63, 3.8) is 0 Å². The molecule has 44 valence electrons. The fourth-order valence-electron chi connectivity index (χ4n) is 0.500. The molecule has 0 saturated heterocycles. The van der Waals surface area contributed by atoms with Crippen LogP contribution in [0, 0.1) is 0 Å². The molecule has 2 N–H and O–H groups in total. The van der Waals surface area contributed by atoms with Crippen LogP contribution < -0.4 is 5.73 Å². The van der Waals surface area contributed by atoms with Gasteiger partial charge in [-0.15, -0.1) is 0 Å². The number of ketones is 1. The molecule has 0 bridgehead atoms. The molecule has 0 spiro atoms. The number of hydrogen-bond acceptors (Lipinski definition) is 3. The zero-order valence-corrected chi connectivity index (χ0v) is 4.33. The second-order valence-corrected chi connectivity index (χ2v) is 1.56. The zero-order chi connectivity index (χ0) is 5.98. The topological polar surface area (TPSA) is 52.3 Å². The maximum Gasteiger partial charge on any atom is 0.198 e. The van der Waals surface area contributed by atoms with Crippen molar-refractivity contribution in [1.82, 2.24) is 0 Å². The number of rotatable bonds is 0. The van der Waals surface area contributed by atoms with Crippen LogP contribution in [0.3, 0.4) is 0 Å². The molecule has 8 heavy (non-hydrogen) atoms. The lowest BCUT2D eigenvalue weighted by atomic mass is 10.3. The summed E-state index contributed by atoms with van der Waals surface area (Å²) in [5.41, 5.74) is 5.16. The Balaban J connectivity index is 2.60. The Labute approximate surface area is 47.1 Å². The summed E-state index contributed by atoms with van der Waals surface area (Å²) < 4.78 is 4.73. The second kappa shape index (κ2) is 2.07. The van der Waals surface area contributed by atoms with Gasteiger partial charge in [-0.1, -0.05) is 6.08 Å². The highest BCUT2D eigenvalue weighted by atomic mass is 16.5. The van der Waals surface area contributed by atoms with Crippen LogP contribution in [0.2, 0.25) is 0 Å². The van der Waals surface area contributed by atoms with Gasteiger partial charge in [-0.25, -0.2) is 0 Å². The summed E-state index contributed by atoms with van der Waals surface area (Å²) >= 11 is 0. The first-order valence-corrected chi connectivity index (χ1v) is 2.38. The normalized spacial score (nSPS) is 28.6. The lowest BCUT2D eigenvalue weighted by Gasteiger charge is -2.10. The SMILES string of the molecule is NC1OCC=CC1=O. The molecule has 3 heteroatoms. The molecule has 1 atom stereocenters. The van der Waals surface area contributed by atoms with Gasteiger partial charge in [0.15, 0.2) is 12.0 Å². The van der Waals surface area contributed by atoms with Crippen LogP contribution in [0.4, 0.5) is 0 Å². The van der Waals surface area contributed by atoms with E-state index in [1.807, 2.05) is 0 Å². The predicted octanol–water partition coefficient (Wildman–Crippen LogP) is -0.573. The summed E-state index contributed by atoms with van der Waals surface area (Å²) in [6, 6.07) is 0. The third kappa shape index (κ3) is 0.936. The van der Waals surface area contributed by atoms with Crippen LogP contribution in [-0.4, -0.2) is 18.6 Å². The molecule has 1 rings (SSSR count). The maximum atomic E-state index is 10.5. The molecular formula is C5H7NO2. The third-order valence-electron chi connectivity index (χ3n) is 0.935. The molecule has 0 aliphatic carbocycles. The molecule has 1 heterocycles. The van der Waals surface area contributed by atoms with E-state index < -0.39 is 6.23 Å². The zero-order valence-electron chi connectivity index (χ0n) is 4.33. The van der Waals surface area contributed by atoms with Crippen LogP contribution in [-0.2, 0) is 9.53 Å². The van der Waals surface area contributed by atoms with Crippen molar-refractivity contribution in [3.8, 4) is 0 Å². The molecular weight excluding hydrogens is 106 g/mol. The molecule has 0 radical (unpaired) electrons. The highest BCUT2D eigenvalue weighted by Gasteiger charge is 2.12. The Bertz CT molecular complexity index is 130. The minimum absolute atomic E-state index is 0.156. The second-order valence-electron chi connectivity index (χ2n) is 1.56. The molecule has 3 nitrogen and oxygen atoms in total. The molecule has 0 aromatic carbocycles. The van der Waals surface area contributed by atoms with E-state index in [0.29, 0.717) is 6.61 Å². The first-order chi connectivity index (χ1) is 3.80. The average Bonchev–Trinajstić information content (AvgIpc) is 1.77. The van der Waals surface area contributed by atoms with Gasteiger partial charge in [0.2, 0.25) is 0 Å². The number of carbonyl (C=O) groups excluding carboxylic acids is 1. The third-order valence-corrected chi connectivity index (χ3v) is 0.935. The van der Waals surface area contributed by atoms with Crippen molar-refractivity contribution in [2.45, 2.75) is 6.23 Å². The lowest BCUT2D eigenvalue weighted by Crippen LogP contribution is -2.34. The van der Waals surface area contributed by atoms with Gasteiger partial charge in [0.25, 0.3) is 0 Å². The number of nitrogens with two attached hydrogens (primary N) is 1. The molecule has 0 aromatic heterocycles. The highest BCUT2D eigenvalue weighted by molar-refractivity contribution is 5.93. The summed E-state index contributed by atoms with van der Waals surface area (Å²) in [6.07, 6.45) is 2.36. The summed E-state index contributed by atoms with van der Waals surface area (Å²) in [4.78, 5) is 10.5. The van der Waals surface area contributed by atoms with Gasteiger partial charge in [0.1, 0.15) is 0 Å². The Morgan fingerprint density at radius 3 is 3.00 bits per heavy atom. The Morgan fingerprint density at radius 1 is 1.88 bits per heavy atom. The van der Waals surface area contributed by atoms with Gasteiger partial charge in [-0.05, 0) is 6.08 Å². The summed E-state index contributed by atoms with van der Waals surface area (Å²) in [5, 5.41) is 0. The number of carbonyl (C=O) groups is 1.